The fraction of sp³-hybridized carbons (Fsp3) is 0.500. The van der Waals surface area contributed by atoms with Crippen molar-refractivity contribution in [3.8, 4) is 0 Å². The highest BCUT2D eigenvalue weighted by Gasteiger charge is 2.30. The van der Waals surface area contributed by atoms with Crippen molar-refractivity contribution >= 4 is 28.7 Å². The number of carboxylic acids is 1. The second-order valence-corrected chi connectivity index (χ2v) is 6.89. The molecule has 1 saturated heterocycles. The molecule has 4 rings (SSSR count). The summed E-state index contributed by atoms with van der Waals surface area (Å²) in [4.78, 5) is 29.7. The van der Waals surface area contributed by atoms with Crippen molar-refractivity contribution in [1.82, 2.24) is 14.5 Å². The number of carbonyl (C=O) groups excluding carboxylic acids is 1. The van der Waals surface area contributed by atoms with Crippen molar-refractivity contribution in [2.75, 3.05) is 18.4 Å². The quantitative estimate of drug-likeness (QED) is 0.878. The minimum absolute atomic E-state index is 0.246. The third-order valence-corrected chi connectivity index (χ3v) is 5.19. The lowest BCUT2D eigenvalue weighted by atomic mass is 10.1. The Labute approximate surface area is 145 Å². The van der Waals surface area contributed by atoms with E-state index in [1.165, 1.54) is 19.3 Å². The van der Waals surface area contributed by atoms with E-state index < -0.39 is 11.9 Å². The Hall–Kier alpha value is -2.57. The summed E-state index contributed by atoms with van der Waals surface area (Å²) in [6.45, 7) is 1.74. The highest BCUT2D eigenvalue weighted by molar-refractivity contribution is 5.92. The van der Waals surface area contributed by atoms with E-state index in [0.717, 1.165) is 29.8 Å². The van der Waals surface area contributed by atoms with Crippen molar-refractivity contribution in [1.29, 1.82) is 0 Å². The fourth-order valence-electron chi connectivity index (χ4n) is 3.78. The van der Waals surface area contributed by atoms with Gasteiger partial charge in [0.05, 0.1) is 17.0 Å². The third kappa shape index (κ3) is 3.06. The summed E-state index contributed by atoms with van der Waals surface area (Å²) in [6, 6.07) is 5.56. The summed E-state index contributed by atoms with van der Waals surface area (Å²) in [5.41, 5.74) is 2.71. The molecule has 2 aromatic rings. The highest BCUT2D eigenvalue weighted by Crippen LogP contribution is 2.25. The van der Waals surface area contributed by atoms with Crippen LogP contribution in [0.5, 0.6) is 0 Å². The maximum atomic E-state index is 12.4. The monoisotopic (exact) mass is 342 g/mol. The van der Waals surface area contributed by atoms with Crippen molar-refractivity contribution in [2.24, 2.45) is 5.92 Å². The maximum Gasteiger partial charge on any atom is 0.321 e. The molecule has 1 atom stereocenters. The number of hydrogen-bond acceptors (Lipinski definition) is 3. The molecule has 1 aromatic carbocycles. The van der Waals surface area contributed by atoms with Crippen LogP contribution in [0.3, 0.4) is 0 Å². The average molecular weight is 342 g/mol. The first-order valence-corrected chi connectivity index (χ1v) is 8.90. The molecule has 2 aliphatic heterocycles. The summed E-state index contributed by atoms with van der Waals surface area (Å²) < 4.78 is 2.28. The SMILES string of the molecule is O=C(O)C1CCN(C(=O)Nc2ccc3c(c2)nc2n3CCCCC2)C1. The van der Waals surface area contributed by atoms with Gasteiger partial charge >= 0.3 is 12.0 Å². The van der Waals surface area contributed by atoms with E-state index in [2.05, 4.69) is 9.88 Å². The van der Waals surface area contributed by atoms with Gasteiger partial charge in [0.1, 0.15) is 5.82 Å². The third-order valence-electron chi connectivity index (χ3n) is 5.19. The zero-order valence-corrected chi connectivity index (χ0v) is 14.1. The number of amides is 2. The van der Waals surface area contributed by atoms with Gasteiger partial charge in [0.15, 0.2) is 0 Å². The largest absolute Gasteiger partial charge is 0.481 e. The number of nitrogens with zero attached hydrogens (tertiary/aromatic N) is 3. The molecular weight excluding hydrogens is 320 g/mol. The van der Waals surface area contributed by atoms with Crippen LogP contribution in [0.15, 0.2) is 18.2 Å². The van der Waals surface area contributed by atoms with Gasteiger partial charge < -0.3 is 19.9 Å². The van der Waals surface area contributed by atoms with Crippen LogP contribution in [0, 0.1) is 5.92 Å². The molecule has 25 heavy (non-hydrogen) atoms. The lowest BCUT2D eigenvalue weighted by Crippen LogP contribution is -2.33. The predicted octanol–water partition coefficient (Wildman–Crippen LogP) is 2.70. The standard InChI is InChI=1S/C18H22N4O3/c23-17(24)12-7-9-21(11-12)18(25)19-13-5-6-15-14(10-13)20-16-4-2-1-3-8-22(15)16/h5-6,10,12H,1-4,7-9,11H2,(H,19,25)(H,23,24). The maximum absolute atomic E-state index is 12.4. The molecule has 7 heteroatoms. The summed E-state index contributed by atoms with van der Waals surface area (Å²) in [5, 5.41) is 11.9. The zero-order valence-electron chi connectivity index (χ0n) is 14.1. The smallest absolute Gasteiger partial charge is 0.321 e. The Morgan fingerprint density at radius 3 is 2.88 bits per heavy atom. The van der Waals surface area contributed by atoms with E-state index in [4.69, 9.17) is 10.1 Å². The molecule has 2 N–H and O–H groups in total. The highest BCUT2D eigenvalue weighted by atomic mass is 16.4. The number of hydrogen-bond donors (Lipinski definition) is 2. The van der Waals surface area contributed by atoms with Crippen LogP contribution < -0.4 is 5.32 Å². The number of anilines is 1. The van der Waals surface area contributed by atoms with Crippen LogP contribution in [0.1, 0.15) is 31.5 Å². The molecule has 3 heterocycles. The Balaban J connectivity index is 1.50. The molecule has 1 unspecified atom stereocenters. The molecule has 1 fully saturated rings. The van der Waals surface area contributed by atoms with Gasteiger partial charge in [0.2, 0.25) is 0 Å². The van der Waals surface area contributed by atoms with Crippen LogP contribution in [0.25, 0.3) is 11.0 Å². The van der Waals surface area contributed by atoms with E-state index in [0.29, 0.717) is 18.7 Å². The minimum atomic E-state index is -0.837. The Morgan fingerprint density at radius 1 is 1.20 bits per heavy atom. The Kier molecular flexibility index (Phi) is 4.07. The van der Waals surface area contributed by atoms with Gasteiger partial charge in [-0.25, -0.2) is 9.78 Å². The van der Waals surface area contributed by atoms with Crippen molar-refractivity contribution < 1.29 is 14.7 Å². The first-order valence-electron chi connectivity index (χ1n) is 8.90. The van der Waals surface area contributed by atoms with Crippen LogP contribution in [0.4, 0.5) is 10.5 Å². The first-order chi connectivity index (χ1) is 12.1. The topological polar surface area (TPSA) is 87.5 Å². The molecule has 0 radical (unpaired) electrons. The number of aryl methyl sites for hydroxylation is 2. The Morgan fingerprint density at radius 2 is 2.08 bits per heavy atom. The van der Waals surface area contributed by atoms with Crippen LogP contribution in [-0.2, 0) is 17.8 Å². The number of urea groups is 1. The second kappa shape index (κ2) is 6.38. The molecule has 1 aromatic heterocycles. The molecule has 0 bridgehead atoms. The number of rotatable bonds is 2. The molecule has 2 aliphatic rings. The number of carboxylic acid groups (broad SMARTS) is 1. The number of aliphatic carboxylic acids is 1. The minimum Gasteiger partial charge on any atom is -0.481 e. The van der Waals surface area contributed by atoms with Gasteiger partial charge in [0, 0.05) is 31.7 Å². The van der Waals surface area contributed by atoms with E-state index >= 15 is 0 Å². The number of aromatic nitrogens is 2. The van der Waals surface area contributed by atoms with Gasteiger partial charge in [0.25, 0.3) is 0 Å². The lowest BCUT2D eigenvalue weighted by Gasteiger charge is -2.16. The summed E-state index contributed by atoms with van der Waals surface area (Å²) >= 11 is 0. The number of imidazole rings is 1. The van der Waals surface area contributed by atoms with Gasteiger partial charge in [-0.05, 0) is 37.5 Å². The molecule has 7 nitrogen and oxygen atoms in total. The average Bonchev–Trinajstić information content (AvgIpc) is 3.14. The molecular formula is C18H22N4O3. The van der Waals surface area contributed by atoms with Crippen LogP contribution in [0.2, 0.25) is 0 Å². The summed E-state index contributed by atoms with van der Waals surface area (Å²) in [7, 11) is 0. The van der Waals surface area contributed by atoms with Gasteiger partial charge in [-0.1, -0.05) is 6.42 Å². The normalized spacial score (nSPS) is 20.3. The van der Waals surface area contributed by atoms with Crippen LogP contribution in [-0.4, -0.2) is 44.6 Å². The van der Waals surface area contributed by atoms with E-state index in [-0.39, 0.29) is 12.6 Å². The molecule has 0 aliphatic carbocycles. The van der Waals surface area contributed by atoms with Gasteiger partial charge in [-0.15, -0.1) is 0 Å². The van der Waals surface area contributed by atoms with E-state index in [1.807, 2.05) is 18.2 Å². The number of carbonyl (C=O) groups is 2. The predicted molar refractivity (Wildman–Crippen MR) is 93.6 cm³/mol. The molecule has 0 saturated carbocycles. The van der Waals surface area contributed by atoms with E-state index in [1.54, 1.807) is 4.90 Å². The summed E-state index contributed by atoms with van der Waals surface area (Å²) in [6.07, 6.45) is 5.10. The molecule has 132 valence electrons. The zero-order chi connectivity index (χ0) is 17.4. The second-order valence-electron chi connectivity index (χ2n) is 6.89. The Bertz CT molecular complexity index is 829. The fourth-order valence-corrected chi connectivity index (χ4v) is 3.78. The number of fused-ring (bicyclic) bond motifs is 3. The van der Waals surface area contributed by atoms with Crippen molar-refractivity contribution in [3.63, 3.8) is 0 Å². The number of benzene rings is 1. The molecule has 0 spiro atoms. The van der Waals surface area contributed by atoms with Crippen LogP contribution >= 0.6 is 0 Å². The van der Waals surface area contributed by atoms with Crippen molar-refractivity contribution in [3.05, 3.63) is 24.0 Å². The van der Waals surface area contributed by atoms with E-state index in [9.17, 15) is 9.59 Å². The molecule has 2 amide bonds. The summed E-state index contributed by atoms with van der Waals surface area (Å²) in [5.74, 6) is -0.173. The van der Waals surface area contributed by atoms with Gasteiger partial charge in [-0.3, -0.25) is 4.79 Å². The lowest BCUT2D eigenvalue weighted by molar-refractivity contribution is -0.141. The number of likely N-dealkylation sites (tertiary alicyclic amines) is 1. The van der Waals surface area contributed by atoms with Gasteiger partial charge in [-0.2, -0.15) is 0 Å². The number of nitrogens with one attached hydrogen (secondary N) is 1. The van der Waals surface area contributed by atoms with Crippen molar-refractivity contribution in [2.45, 2.75) is 38.6 Å². The first kappa shape index (κ1) is 15.9.